The van der Waals surface area contributed by atoms with Gasteiger partial charge in [0.05, 0.1) is 36.0 Å². The molecule has 3 aromatic rings. The summed E-state index contributed by atoms with van der Waals surface area (Å²) in [6.45, 7) is 5.21. The van der Waals surface area contributed by atoms with E-state index in [0.29, 0.717) is 13.2 Å². The molecule has 1 aliphatic heterocycles. The van der Waals surface area contributed by atoms with E-state index in [4.69, 9.17) is 9.47 Å². The maximum absolute atomic E-state index is 5.84. The van der Waals surface area contributed by atoms with Gasteiger partial charge in [-0.1, -0.05) is 12.1 Å². The van der Waals surface area contributed by atoms with E-state index < -0.39 is 0 Å². The second-order valence-electron chi connectivity index (χ2n) is 6.33. The average Bonchev–Trinajstić information content (AvgIpc) is 3.44. The van der Waals surface area contributed by atoms with Crippen LogP contribution in [-0.4, -0.2) is 29.4 Å². The Balaban J connectivity index is 1.69. The topological polar surface area (TPSA) is 62.4 Å². The first-order valence-electron chi connectivity index (χ1n) is 9.47. The van der Waals surface area contributed by atoms with Crippen LogP contribution in [0.25, 0.3) is 23.0 Å². The average molecular weight is 373 g/mol. The van der Waals surface area contributed by atoms with E-state index in [1.165, 1.54) is 0 Å². The number of benzene rings is 1. The van der Waals surface area contributed by atoms with E-state index in [-0.39, 0.29) is 0 Å². The predicted molar refractivity (Wildman–Crippen MR) is 114 cm³/mol. The fourth-order valence-corrected chi connectivity index (χ4v) is 3.24. The van der Waals surface area contributed by atoms with Crippen LogP contribution in [-0.2, 0) is 0 Å². The minimum atomic E-state index is 0.598. The summed E-state index contributed by atoms with van der Waals surface area (Å²) in [7, 11) is 0. The molecule has 4 rings (SSSR count). The van der Waals surface area contributed by atoms with E-state index in [2.05, 4.69) is 21.0 Å². The van der Waals surface area contributed by atoms with Crippen molar-refractivity contribution in [2.45, 2.75) is 13.8 Å². The van der Waals surface area contributed by atoms with Gasteiger partial charge in [0.2, 0.25) is 0 Å². The van der Waals surface area contributed by atoms with Gasteiger partial charge < -0.3 is 19.4 Å². The highest BCUT2D eigenvalue weighted by Gasteiger charge is 2.15. The first-order chi connectivity index (χ1) is 13.8. The Morgan fingerprint density at radius 2 is 1.89 bits per heavy atom. The highest BCUT2D eigenvalue weighted by Crippen LogP contribution is 2.34. The third-order valence-electron chi connectivity index (χ3n) is 4.47. The molecule has 0 fully saturated rings. The number of hydrogen-bond donors (Lipinski definition) is 2. The fourth-order valence-electron chi connectivity index (χ4n) is 3.24. The molecule has 0 saturated heterocycles. The summed E-state index contributed by atoms with van der Waals surface area (Å²) in [5.74, 6) is 1.67. The van der Waals surface area contributed by atoms with Crippen molar-refractivity contribution in [1.82, 2.24) is 9.97 Å². The Hall–Kier alpha value is -3.47. The molecule has 0 aliphatic carbocycles. The molecule has 0 amide bonds. The summed E-state index contributed by atoms with van der Waals surface area (Å²) < 4.78 is 11.5. The van der Waals surface area contributed by atoms with Gasteiger partial charge in [0.1, 0.15) is 11.5 Å². The zero-order valence-electron chi connectivity index (χ0n) is 16.0. The Labute approximate surface area is 164 Å². The van der Waals surface area contributed by atoms with Crippen LogP contribution in [0.15, 0.2) is 65.4 Å². The van der Waals surface area contributed by atoms with Crippen molar-refractivity contribution >= 4 is 17.9 Å². The molecule has 3 heterocycles. The van der Waals surface area contributed by atoms with E-state index in [9.17, 15) is 0 Å². The molecule has 142 valence electrons. The molecular weight excluding hydrogens is 350 g/mol. The second-order valence-corrected chi connectivity index (χ2v) is 6.33. The van der Waals surface area contributed by atoms with Crippen LogP contribution in [0.1, 0.15) is 25.1 Å². The van der Waals surface area contributed by atoms with Crippen molar-refractivity contribution in [3.8, 4) is 22.9 Å². The number of aliphatic imine (C=N–C) groups is 1. The Morgan fingerprint density at radius 1 is 1.00 bits per heavy atom. The van der Waals surface area contributed by atoms with Gasteiger partial charge in [-0.15, -0.1) is 0 Å². The number of rotatable bonds is 7. The van der Waals surface area contributed by atoms with Gasteiger partial charge >= 0.3 is 0 Å². The fraction of sp³-hybridized carbons (Fsp3) is 0.174. The molecule has 5 heteroatoms. The molecule has 1 aliphatic rings. The van der Waals surface area contributed by atoms with Crippen LogP contribution in [0.5, 0.6) is 11.5 Å². The SMILES string of the molecule is CCOc1cccc(C2=CC=NC2=Cc2[nH]c(-c3ccc[nH]3)cc2OCC)c1. The van der Waals surface area contributed by atoms with E-state index in [1.54, 1.807) is 0 Å². The van der Waals surface area contributed by atoms with Gasteiger partial charge in [0.25, 0.3) is 0 Å². The Kier molecular flexibility index (Phi) is 5.15. The van der Waals surface area contributed by atoms with Crippen LogP contribution in [0.4, 0.5) is 0 Å². The molecule has 1 aromatic carbocycles. The highest BCUT2D eigenvalue weighted by molar-refractivity contribution is 6.00. The van der Waals surface area contributed by atoms with Crippen LogP contribution in [0.2, 0.25) is 0 Å². The Morgan fingerprint density at radius 3 is 2.68 bits per heavy atom. The first-order valence-corrected chi connectivity index (χ1v) is 9.47. The molecule has 2 N–H and O–H groups in total. The Bertz CT molecular complexity index is 1040. The van der Waals surface area contributed by atoms with E-state index in [0.717, 1.165) is 45.4 Å². The molecular formula is C23H23N3O2. The third kappa shape index (κ3) is 3.64. The molecule has 28 heavy (non-hydrogen) atoms. The first kappa shape index (κ1) is 17.9. The van der Waals surface area contributed by atoms with Gasteiger partial charge in [0, 0.05) is 24.1 Å². The van der Waals surface area contributed by atoms with Crippen molar-refractivity contribution in [3.63, 3.8) is 0 Å². The van der Waals surface area contributed by atoms with E-state index >= 15 is 0 Å². The quantitative estimate of drug-likeness (QED) is 0.589. The van der Waals surface area contributed by atoms with Crippen molar-refractivity contribution in [3.05, 3.63) is 71.7 Å². The summed E-state index contributed by atoms with van der Waals surface area (Å²) in [6, 6.07) is 14.1. The zero-order valence-corrected chi connectivity index (χ0v) is 16.0. The monoisotopic (exact) mass is 373 g/mol. The summed E-state index contributed by atoms with van der Waals surface area (Å²) in [6.07, 6.45) is 7.78. The minimum absolute atomic E-state index is 0.598. The van der Waals surface area contributed by atoms with Crippen LogP contribution >= 0.6 is 0 Å². The number of allylic oxidation sites excluding steroid dienone is 2. The molecule has 0 unspecified atom stereocenters. The lowest BCUT2D eigenvalue weighted by molar-refractivity contribution is 0.340. The van der Waals surface area contributed by atoms with Gasteiger partial charge in [-0.2, -0.15) is 0 Å². The van der Waals surface area contributed by atoms with Crippen LogP contribution in [0.3, 0.4) is 0 Å². The van der Waals surface area contributed by atoms with Gasteiger partial charge in [-0.3, -0.25) is 4.99 Å². The number of ether oxygens (including phenoxy) is 2. The lowest BCUT2D eigenvalue weighted by Gasteiger charge is -2.08. The van der Waals surface area contributed by atoms with Crippen molar-refractivity contribution in [2.75, 3.05) is 13.2 Å². The van der Waals surface area contributed by atoms with Gasteiger partial charge in [0.15, 0.2) is 0 Å². The smallest absolute Gasteiger partial charge is 0.144 e. The summed E-state index contributed by atoms with van der Waals surface area (Å²) in [4.78, 5) is 11.2. The second kappa shape index (κ2) is 8.05. The van der Waals surface area contributed by atoms with Crippen LogP contribution in [0, 0.1) is 0 Å². The predicted octanol–water partition coefficient (Wildman–Crippen LogP) is 5.32. The molecule has 0 spiro atoms. The summed E-state index contributed by atoms with van der Waals surface area (Å²) in [5.41, 5.74) is 5.90. The standard InChI is InChI=1S/C23H23N3O2/c1-3-27-17-8-5-7-16(13-17)18-10-12-25-20(18)14-22-23(28-4-2)15-21(26-22)19-9-6-11-24-19/h5-15,24,26H,3-4H2,1-2H3. The highest BCUT2D eigenvalue weighted by atomic mass is 16.5. The summed E-state index contributed by atoms with van der Waals surface area (Å²) in [5, 5.41) is 0. The molecule has 0 atom stereocenters. The van der Waals surface area contributed by atoms with E-state index in [1.807, 2.05) is 74.8 Å². The molecule has 0 radical (unpaired) electrons. The number of nitrogens with one attached hydrogen (secondary N) is 2. The molecule has 0 bridgehead atoms. The largest absolute Gasteiger partial charge is 0.494 e. The number of H-pyrrole nitrogens is 2. The van der Waals surface area contributed by atoms with Crippen molar-refractivity contribution in [2.24, 2.45) is 4.99 Å². The third-order valence-corrected chi connectivity index (χ3v) is 4.47. The van der Waals surface area contributed by atoms with Gasteiger partial charge in [-0.05, 0) is 55.8 Å². The van der Waals surface area contributed by atoms with Crippen molar-refractivity contribution < 1.29 is 9.47 Å². The van der Waals surface area contributed by atoms with Crippen LogP contribution < -0.4 is 9.47 Å². The maximum atomic E-state index is 5.84. The number of nitrogens with zero attached hydrogens (tertiary/aromatic N) is 1. The normalized spacial score (nSPS) is 14.5. The summed E-state index contributed by atoms with van der Waals surface area (Å²) >= 11 is 0. The number of aromatic nitrogens is 2. The number of aromatic amines is 2. The number of hydrogen-bond acceptors (Lipinski definition) is 3. The lowest BCUT2D eigenvalue weighted by Crippen LogP contribution is -1.93. The molecule has 0 saturated carbocycles. The van der Waals surface area contributed by atoms with Crippen molar-refractivity contribution in [1.29, 1.82) is 0 Å². The molecule has 2 aromatic heterocycles. The zero-order chi connectivity index (χ0) is 19.3. The molecule has 5 nitrogen and oxygen atoms in total. The minimum Gasteiger partial charge on any atom is -0.494 e. The van der Waals surface area contributed by atoms with Gasteiger partial charge in [-0.25, -0.2) is 0 Å². The lowest BCUT2D eigenvalue weighted by atomic mass is 10.0. The maximum Gasteiger partial charge on any atom is 0.144 e.